The molecule has 0 fully saturated rings. The van der Waals surface area contributed by atoms with Crippen molar-refractivity contribution in [1.29, 1.82) is 0 Å². The molecule has 0 atom stereocenters. The molecule has 0 aliphatic rings. The Bertz CT molecular complexity index is 765. The first-order valence-corrected chi connectivity index (χ1v) is 8.31. The van der Waals surface area contributed by atoms with E-state index in [4.69, 9.17) is 0 Å². The Balaban J connectivity index is 2.01. The first-order valence-electron chi connectivity index (χ1n) is 8.31. The maximum atomic E-state index is 2.25. The molecule has 23 heavy (non-hydrogen) atoms. The minimum Gasteiger partial charge on any atom is -0.208 e. The summed E-state index contributed by atoms with van der Waals surface area (Å²) in [6, 6.07) is 15.3. The van der Waals surface area contributed by atoms with Gasteiger partial charge in [0.1, 0.15) is 7.05 Å². The van der Waals surface area contributed by atoms with E-state index in [-0.39, 0.29) is 0 Å². The molecule has 0 aliphatic heterocycles. The monoisotopic (exact) mass is 304 g/mol. The zero-order valence-electron chi connectivity index (χ0n) is 14.2. The van der Waals surface area contributed by atoms with Crippen LogP contribution < -0.4 is 9.13 Å². The highest BCUT2D eigenvalue weighted by Gasteiger charge is 2.16. The Morgan fingerprint density at radius 1 is 0.696 bits per heavy atom. The smallest absolute Gasteiger partial charge is 0.208 e. The van der Waals surface area contributed by atoms with Crippen LogP contribution in [-0.2, 0) is 19.9 Å². The molecule has 1 aromatic carbocycles. The van der Waals surface area contributed by atoms with Crippen molar-refractivity contribution in [1.82, 2.24) is 0 Å². The Labute approximate surface area is 138 Å². The Hall–Kier alpha value is -2.48. The zero-order chi connectivity index (χ0) is 16.2. The Kier molecular flexibility index (Phi) is 4.52. The highest BCUT2D eigenvalue weighted by molar-refractivity contribution is 5.61. The molecule has 2 nitrogen and oxygen atoms in total. The molecular formula is C21H24N2+2. The number of pyridine rings is 2. The van der Waals surface area contributed by atoms with Crippen molar-refractivity contribution < 1.29 is 9.13 Å². The molecule has 3 aromatic rings. The summed E-state index contributed by atoms with van der Waals surface area (Å²) in [5, 5.41) is 0. The van der Waals surface area contributed by atoms with Gasteiger partial charge in [-0.15, -0.1) is 0 Å². The van der Waals surface area contributed by atoms with Crippen molar-refractivity contribution in [2.75, 3.05) is 0 Å². The third kappa shape index (κ3) is 3.16. The summed E-state index contributed by atoms with van der Waals surface area (Å²) < 4.78 is 4.31. The average molecular weight is 304 g/mol. The van der Waals surface area contributed by atoms with Gasteiger partial charge in [0.2, 0.25) is 5.69 Å². The van der Waals surface area contributed by atoms with Crippen LogP contribution in [0.15, 0.2) is 67.3 Å². The highest BCUT2D eigenvalue weighted by Crippen LogP contribution is 2.19. The van der Waals surface area contributed by atoms with Gasteiger partial charge < -0.3 is 0 Å². The Morgan fingerprint density at radius 3 is 1.65 bits per heavy atom. The van der Waals surface area contributed by atoms with Crippen molar-refractivity contribution in [3.05, 3.63) is 78.4 Å². The number of hydrogen-bond donors (Lipinski definition) is 0. The summed E-state index contributed by atoms with van der Waals surface area (Å²) in [4.78, 5) is 0. The number of hydrogen-bond acceptors (Lipinski definition) is 0. The molecule has 0 radical (unpaired) electrons. The fourth-order valence-electron chi connectivity index (χ4n) is 3.01. The SMILES string of the molecule is CCc1cccc(CC)c1-[n+]1ccc(-c2cc[n+](C)cc2)cc1. The second-order valence-electron chi connectivity index (χ2n) is 5.88. The lowest BCUT2D eigenvalue weighted by Crippen LogP contribution is -2.32. The third-order valence-corrected chi connectivity index (χ3v) is 4.36. The van der Waals surface area contributed by atoms with Gasteiger partial charge in [0, 0.05) is 35.4 Å². The van der Waals surface area contributed by atoms with Crippen LogP contribution in [-0.4, -0.2) is 0 Å². The predicted molar refractivity (Wildman–Crippen MR) is 93.3 cm³/mol. The molecule has 3 rings (SSSR count). The van der Waals surface area contributed by atoms with Crippen LogP contribution >= 0.6 is 0 Å². The molecule has 2 heteroatoms. The normalized spacial score (nSPS) is 10.7. The van der Waals surface area contributed by atoms with E-state index in [1.807, 2.05) is 7.05 Å². The summed E-state index contributed by atoms with van der Waals surface area (Å²) in [6.45, 7) is 4.44. The van der Waals surface area contributed by atoms with E-state index in [0.717, 1.165) is 12.8 Å². The summed E-state index contributed by atoms with van der Waals surface area (Å²) in [7, 11) is 2.04. The van der Waals surface area contributed by atoms with Gasteiger partial charge in [-0.25, -0.2) is 4.57 Å². The summed E-state index contributed by atoms with van der Waals surface area (Å²) in [5.74, 6) is 0. The number of nitrogens with zero attached hydrogens (tertiary/aromatic N) is 2. The number of aryl methyl sites for hydroxylation is 3. The number of para-hydroxylation sites is 1. The van der Waals surface area contributed by atoms with E-state index in [9.17, 15) is 0 Å². The maximum absolute atomic E-state index is 2.25. The minimum absolute atomic E-state index is 1.05. The molecule has 2 heterocycles. The summed E-state index contributed by atoms with van der Waals surface area (Å²) >= 11 is 0. The van der Waals surface area contributed by atoms with Crippen LogP contribution in [0, 0.1) is 0 Å². The van der Waals surface area contributed by atoms with E-state index in [1.54, 1.807) is 0 Å². The lowest BCUT2D eigenvalue weighted by molar-refractivity contribution is -0.671. The lowest BCUT2D eigenvalue weighted by Gasteiger charge is -2.08. The number of aromatic nitrogens is 2. The Morgan fingerprint density at radius 2 is 1.17 bits per heavy atom. The van der Waals surface area contributed by atoms with Crippen molar-refractivity contribution in [2.24, 2.45) is 7.05 Å². The molecule has 0 spiro atoms. The summed E-state index contributed by atoms with van der Waals surface area (Å²) in [5.41, 5.74) is 6.62. The largest absolute Gasteiger partial charge is 0.216 e. The molecular weight excluding hydrogens is 280 g/mol. The van der Waals surface area contributed by atoms with Gasteiger partial charge in [0.25, 0.3) is 0 Å². The van der Waals surface area contributed by atoms with Gasteiger partial charge in [-0.2, -0.15) is 4.57 Å². The second-order valence-corrected chi connectivity index (χ2v) is 5.88. The van der Waals surface area contributed by atoms with Crippen molar-refractivity contribution >= 4 is 0 Å². The molecule has 2 aromatic heterocycles. The molecule has 0 N–H and O–H groups in total. The van der Waals surface area contributed by atoms with Gasteiger partial charge in [-0.3, -0.25) is 0 Å². The van der Waals surface area contributed by atoms with Gasteiger partial charge in [0.15, 0.2) is 24.8 Å². The molecule has 116 valence electrons. The van der Waals surface area contributed by atoms with Crippen LogP contribution in [0.3, 0.4) is 0 Å². The highest BCUT2D eigenvalue weighted by atomic mass is 14.9. The van der Waals surface area contributed by atoms with E-state index in [1.165, 1.54) is 27.9 Å². The van der Waals surface area contributed by atoms with Gasteiger partial charge in [-0.1, -0.05) is 32.0 Å². The van der Waals surface area contributed by atoms with Crippen LogP contribution in [0.1, 0.15) is 25.0 Å². The molecule has 0 saturated heterocycles. The van der Waals surface area contributed by atoms with Gasteiger partial charge in [0.05, 0.1) is 0 Å². The van der Waals surface area contributed by atoms with Crippen LogP contribution in [0.2, 0.25) is 0 Å². The summed E-state index contributed by atoms with van der Waals surface area (Å²) in [6.07, 6.45) is 10.6. The zero-order valence-corrected chi connectivity index (χ0v) is 14.2. The topological polar surface area (TPSA) is 7.76 Å². The van der Waals surface area contributed by atoms with E-state index < -0.39 is 0 Å². The predicted octanol–water partition coefficient (Wildman–Crippen LogP) is 3.58. The number of rotatable bonds is 4. The maximum Gasteiger partial charge on any atom is 0.216 e. The van der Waals surface area contributed by atoms with Crippen molar-refractivity contribution in [3.8, 4) is 16.8 Å². The minimum atomic E-state index is 1.05. The van der Waals surface area contributed by atoms with Crippen molar-refractivity contribution in [3.63, 3.8) is 0 Å². The van der Waals surface area contributed by atoms with E-state index >= 15 is 0 Å². The standard InChI is InChI=1S/C21H24N2/c1-4-17-7-6-8-18(5-2)21(17)23-15-11-20(12-16-23)19-9-13-22(3)14-10-19/h6-16H,4-5H2,1-3H3/q+2. The fraction of sp³-hybridized carbons (Fsp3) is 0.238. The van der Waals surface area contributed by atoms with E-state index in [2.05, 4.69) is 90.2 Å². The third-order valence-electron chi connectivity index (χ3n) is 4.36. The van der Waals surface area contributed by atoms with E-state index in [0.29, 0.717) is 0 Å². The van der Waals surface area contributed by atoms with Crippen LogP contribution in [0.25, 0.3) is 16.8 Å². The first kappa shape index (κ1) is 15.4. The fourth-order valence-corrected chi connectivity index (χ4v) is 3.01. The van der Waals surface area contributed by atoms with Gasteiger partial charge in [-0.05, 0) is 24.0 Å². The quantitative estimate of drug-likeness (QED) is 0.651. The molecule has 0 bridgehead atoms. The van der Waals surface area contributed by atoms with Crippen LogP contribution in [0.5, 0.6) is 0 Å². The number of benzene rings is 1. The molecule has 0 aliphatic carbocycles. The van der Waals surface area contributed by atoms with Gasteiger partial charge >= 0.3 is 0 Å². The lowest BCUT2D eigenvalue weighted by atomic mass is 10.0. The van der Waals surface area contributed by atoms with Crippen LogP contribution in [0.4, 0.5) is 0 Å². The second kappa shape index (κ2) is 6.74. The molecule has 0 amide bonds. The average Bonchev–Trinajstić information content (AvgIpc) is 2.62. The van der Waals surface area contributed by atoms with Crippen molar-refractivity contribution in [2.45, 2.75) is 26.7 Å². The molecule has 0 saturated carbocycles. The first-order chi connectivity index (χ1) is 11.2. The molecule has 0 unspecified atom stereocenters.